The fraction of sp³-hybridized carbons (Fsp3) is 0. The van der Waals surface area contributed by atoms with Gasteiger partial charge in [-0.15, -0.1) is 0 Å². The molecule has 1 rings (SSSR count). The number of rotatable bonds is 1. The normalized spacial score (nSPS) is 10.0. The monoisotopic (exact) mass is 179 g/mol. The minimum atomic E-state index is 0.467. The van der Waals surface area contributed by atoms with Crippen LogP contribution in [0.5, 0.6) is 0 Å². The second-order valence-corrected chi connectivity index (χ2v) is 2.53. The van der Waals surface area contributed by atoms with E-state index in [2.05, 4.69) is 4.98 Å². The highest BCUT2D eigenvalue weighted by Gasteiger charge is 1.96. The van der Waals surface area contributed by atoms with Crippen LogP contribution in [-0.2, 0) is 0 Å². The maximum atomic E-state index is 8.24. The van der Waals surface area contributed by atoms with Crippen LogP contribution in [-0.4, -0.2) is 4.98 Å². The van der Waals surface area contributed by atoms with Gasteiger partial charge in [0.1, 0.15) is 0 Å². The van der Waals surface area contributed by atoms with Crippen molar-refractivity contribution in [2.24, 2.45) is 0 Å². The zero-order chi connectivity index (χ0) is 8.97. The van der Waals surface area contributed by atoms with Gasteiger partial charge < -0.3 is 5.73 Å². The second kappa shape index (κ2) is 3.74. The molecule has 0 saturated carbocycles. The topological polar surface area (TPSA) is 62.7 Å². The molecule has 2 N–H and O–H groups in total. The first-order valence-electron chi connectivity index (χ1n) is 3.21. The molecule has 0 saturated heterocycles. The first-order valence-corrected chi connectivity index (χ1v) is 3.59. The van der Waals surface area contributed by atoms with Crippen LogP contribution in [0.4, 0.5) is 5.69 Å². The van der Waals surface area contributed by atoms with Gasteiger partial charge >= 0.3 is 0 Å². The predicted octanol–water partition coefficient (Wildman–Crippen LogP) is 1.85. The maximum Gasteiger partial charge on any atom is 0.0912 e. The summed E-state index contributed by atoms with van der Waals surface area (Å²) in [5.74, 6) is 0. The zero-order valence-corrected chi connectivity index (χ0v) is 6.92. The number of aromatic nitrogens is 1. The van der Waals surface area contributed by atoms with Gasteiger partial charge in [-0.1, -0.05) is 11.6 Å². The molecule has 4 heteroatoms. The summed E-state index contributed by atoms with van der Waals surface area (Å²) in [4.78, 5) is 3.92. The van der Waals surface area contributed by atoms with E-state index < -0.39 is 0 Å². The summed E-state index contributed by atoms with van der Waals surface area (Å²) in [6, 6.07) is 3.44. The van der Waals surface area contributed by atoms with Gasteiger partial charge in [-0.25, -0.2) is 0 Å². The molecule has 0 aliphatic carbocycles. The fourth-order valence-electron chi connectivity index (χ4n) is 0.721. The van der Waals surface area contributed by atoms with E-state index in [0.717, 1.165) is 0 Å². The van der Waals surface area contributed by atoms with Gasteiger partial charge in [0.2, 0.25) is 0 Å². The molecule has 1 heterocycles. The first-order chi connectivity index (χ1) is 5.74. The van der Waals surface area contributed by atoms with Crippen molar-refractivity contribution in [1.29, 1.82) is 5.26 Å². The molecule has 0 aromatic carbocycles. The van der Waals surface area contributed by atoms with Crippen molar-refractivity contribution in [3.63, 3.8) is 0 Å². The van der Waals surface area contributed by atoms with E-state index in [0.29, 0.717) is 16.4 Å². The van der Waals surface area contributed by atoms with Crippen LogP contribution >= 0.6 is 11.6 Å². The second-order valence-electron chi connectivity index (χ2n) is 2.09. The Kier molecular flexibility index (Phi) is 2.67. The number of hydrogen-bond acceptors (Lipinski definition) is 3. The standard InChI is InChI=1S/C8H6ClN3/c9-6-4-7(11)8(12-5-6)2-1-3-10/h1-2,4-5H,11H2. The summed E-state index contributed by atoms with van der Waals surface area (Å²) in [5.41, 5.74) is 6.58. The van der Waals surface area contributed by atoms with Gasteiger partial charge in [0.05, 0.1) is 22.5 Å². The van der Waals surface area contributed by atoms with Gasteiger partial charge in [-0.05, 0) is 12.1 Å². The van der Waals surface area contributed by atoms with Crippen molar-refractivity contribution >= 4 is 23.4 Å². The van der Waals surface area contributed by atoms with Crippen molar-refractivity contribution in [2.45, 2.75) is 0 Å². The first kappa shape index (κ1) is 8.57. The van der Waals surface area contributed by atoms with Crippen LogP contribution in [0.1, 0.15) is 5.69 Å². The number of allylic oxidation sites excluding steroid dienone is 1. The lowest BCUT2D eigenvalue weighted by Crippen LogP contribution is -1.91. The molecule has 0 aliphatic heterocycles. The lowest BCUT2D eigenvalue weighted by Gasteiger charge is -1.97. The molecule has 0 radical (unpaired) electrons. The van der Waals surface area contributed by atoms with Crippen LogP contribution in [0.3, 0.4) is 0 Å². The molecule has 0 bridgehead atoms. The third-order valence-corrected chi connectivity index (χ3v) is 1.44. The molecule has 60 valence electrons. The Morgan fingerprint density at radius 2 is 2.42 bits per heavy atom. The van der Waals surface area contributed by atoms with Gasteiger partial charge in [0.15, 0.2) is 0 Å². The lowest BCUT2D eigenvalue weighted by molar-refractivity contribution is 1.30. The van der Waals surface area contributed by atoms with Gasteiger partial charge in [-0.3, -0.25) is 4.98 Å². The van der Waals surface area contributed by atoms with E-state index in [1.807, 2.05) is 6.07 Å². The molecule has 0 unspecified atom stereocenters. The van der Waals surface area contributed by atoms with Gasteiger partial charge in [0, 0.05) is 12.3 Å². The third-order valence-electron chi connectivity index (χ3n) is 1.23. The average Bonchev–Trinajstić information content (AvgIpc) is 2.03. The van der Waals surface area contributed by atoms with E-state index in [1.54, 1.807) is 6.07 Å². The van der Waals surface area contributed by atoms with Crippen LogP contribution in [0.25, 0.3) is 6.08 Å². The predicted molar refractivity (Wildman–Crippen MR) is 48.3 cm³/mol. The summed E-state index contributed by atoms with van der Waals surface area (Å²) >= 11 is 5.62. The SMILES string of the molecule is N#CC=Cc1ncc(Cl)cc1N. The third kappa shape index (κ3) is 1.97. The molecule has 0 amide bonds. The van der Waals surface area contributed by atoms with E-state index in [4.69, 9.17) is 22.6 Å². The highest BCUT2D eigenvalue weighted by Crippen LogP contribution is 2.15. The summed E-state index contributed by atoms with van der Waals surface area (Å²) in [5, 5.41) is 8.73. The van der Waals surface area contributed by atoms with E-state index >= 15 is 0 Å². The fourth-order valence-corrected chi connectivity index (χ4v) is 0.887. The number of nitrogens with zero attached hydrogens (tertiary/aromatic N) is 2. The van der Waals surface area contributed by atoms with Crippen molar-refractivity contribution in [1.82, 2.24) is 4.98 Å². The number of nitriles is 1. The van der Waals surface area contributed by atoms with Crippen LogP contribution in [0, 0.1) is 11.3 Å². The number of anilines is 1. The molecular weight excluding hydrogens is 174 g/mol. The van der Waals surface area contributed by atoms with E-state index in [-0.39, 0.29) is 0 Å². The Labute approximate surface area is 75.1 Å². The minimum Gasteiger partial charge on any atom is -0.397 e. The van der Waals surface area contributed by atoms with Crippen molar-refractivity contribution < 1.29 is 0 Å². The van der Waals surface area contributed by atoms with E-state index in [9.17, 15) is 0 Å². The summed E-state index contributed by atoms with van der Waals surface area (Å²) < 4.78 is 0. The molecule has 1 aromatic rings. The number of nitrogen functional groups attached to an aromatic ring is 1. The Morgan fingerprint density at radius 3 is 3.00 bits per heavy atom. The summed E-state index contributed by atoms with van der Waals surface area (Å²) in [6.45, 7) is 0. The summed E-state index contributed by atoms with van der Waals surface area (Å²) in [7, 11) is 0. The van der Waals surface area contributed by atoms with Gasteiger partial charge in [0.25, 0.3) is 0 Å². The Balaban J connectivity index is 3.03. The van der Waals surface area contributed by atoms with Crippen LogP contribution in [0.2, 0.25) is 5.02 Å². The number of halogens is 1. The Hall–Kier alpha value is -1.53. The molecule has 1 aromatic heterocycles. The Bertz CT molecular complexity index is 352. The highest BCUT2D eigenvalue weighted by molar-refractivity contribution is 6.30. The smallest absolute Gasteiger partial charge is 0.0912 e. The average molecular weight is 180 g/mol. The molecule has 3 nitrogen and oxygen atoms in total. The zero-order valence-electron chi connectivity index (χ0n) is 6.16. The quantitative estimate of drug-likeness (QED) is 0.670. The van der Waals surface area contributed by atoms with E-state index in [1.165, 1.54) is 18.3 Å². The van der Waals surface area contributed by atoms with Gasteiger partial charge in [-0.2, -0.15) is 5.26 Å². The molecule has 0 aliphatic rings. The molecule has 0 spiro atoms. The number of nitrogens with two attached hydrogens (primary N) is 1. The molecule has 12 heavy (non-hydrogen) atoms. The van der Waals surface area contributed by atoms with Crippen LogP contribution in [0.15, 0.2) is 18.3 Å². The molecule has 0 atom stereocenters. The lowest BCUT2D eigenvalue weighted by atomic mass is 10.3. The highest BCUT2D eigenvalue weighted by atomic mass is 35.5. The maximum absolute atomic E-state index is 8.24. The number of pyridine rings is 1. The largest absolute Gasteiger partial charge is 0.397 e. The molecular formula is C8H6ClN3. The minimum absolute atomic E-state index is 0.467. The van der Waals surface area contributed by atoms with Crippen molar-refractivity contribution in [2.75, 3.05) is 5.73 Å². The van der Waals surface area contributed by atoms with Crippen LogP contribution < -0.4 is 5.73 Å². The molecule has 0 fully saturated rings. The van der Waals surface area contributed by atoms with Crippen molar-refractivity contribution in [3.8, 4) is 6.07 Å². The van der Waals surface area contributed by atoms with Crippen molar-refractivity contribution in [3.05, 3.63) is 29.1 Å². The summed E-state index contributed by atoms with van der Waals surface area (Å²) in [6.07, 6.45) is 4.33. The Morgan fingerprint density at radius 1 is 1.67 bits per heavy atom. The number of hydrogen-bond donors (Lipinski definition) is 1.